The van der Waals surface area contributed by atoms with Gasteiger partial charge in [0.2, 0.25) is 5.88 Å². The van der Waals surface area contributed by atoms with Crippen LogP contribution in [0.3, 0.4) is 0 Å². The van der Waals surface area contributed by atoms with Gasteiger partial charge in [-0.15, -0.1) is 0 Å². The summed E-state index contributed by atoms with van der Waals surface area (Å²) in [6, 6.07) is 14.2. The van der Waals surface area contributed by atoms with Crippen LogP contribution in [-0.4, -0.2) is 33.4 Å². The molecule has 6 heteroatoms. The summed E-state index contributed by atoms with van der Waals surface area (Å²) in [7, 11) is 0. The number of aromatic nitrogens is 2. The standard InChI is InChI=1S/C21H20FN3O2/c1-14-23-19-9-5-3-7-17(19)21(24-14)27-13-20(26)25(16-10-11-16)12-15-6-2-4-8-18(15)22/h2-9,16H,10-13H2,1H3. The average molecular weight is 365 g/mol. The van der Waals surface area contributed by atoms with Crippen molar-refractivity contribution >= 4 is 16.8 Å². The van der Waals surface area contributed by atoms with Gasteiger partial charge < -0.3 is 9.64 Å². The number of hydrogen-bond donors (Lipinski definition) is 0. The molecular weight excluding hydrogens is 345 g/mol. The SMILES string of the molecule is Cc1nc(OCC(=O)N(Cc2ccccc2F)C2CC2)c2ccccc2n1. The minimum atomic E-state index is -0.297. The molecule has 3 aromatic rings. The highest BCUT2D eigenvalue weighted by molar-refractivity contribution is 5.84. The Kier molecular flexibility index (Phi) is 4.71. The van der Waals surface area contributed by atoms with E-state index in [0.717, 1.165) is 23.7 Å². The predicted octanol–water partition coefficient (Wildman–Crippen LogP) is 3.65. The molecule has 0 atom stereocenters. The lowest BCUT2D eigenvalue weighted by Gasteiger charge is -2.23. The van der Waals surface area contributed by atoms with Crippen molar-refractivity contribution in [3.63, 3.8) is 0 Å². The van der Waals surface area contributed by atoms with Crippen molar-refractivity contribution in [1.82, 2.24) is 14.9 Å². The number of hydrogen-bond acceptors (Lipinski definition) is 4. The minimum Gasteiger partial charge on any atom is -0.467 e. The van der Waals surface area contributed by atoms with Gasteiger partial charge in [0, 0.05) is 18.2 Å². The molecule has 0 saturated heterocycles. The number of para-hydroxylation sites is 1. The molecule has 2 aromatic carbocycles. The van der Waals surface area contributed by atoms with Crippen LogP contribution in [0.15, 0.2) is 48.5 Å². The van der Waals surface area contributed by atoms with Crippen molar-refractivity contribution in [2.24, 2.45) is 0 Å². The van der Waals surface area contributed by atoms with Crippen LogP contribution in [-0.2, 0) is 11.3 Å². The zero-order valence-electron chi connectivity index (χ0n) is 15.1. The Labute approximate surface area is 156 Å². The first-order chi connectivity index (χ1) is 13.1. The number of nitrogens with zero attached hydrogens (tertiary/aromatic N) is 3. The molecule has 0 N–H and O–H groups in total. The van der Waals surface area contributed by atoms with Gasteiger partial charge in [-0.1, -0.05) is 30.3 Å². The molecule has 4 rings (SSSR count). The summed E-state index contributed by atoms with van der Waals surface area (Å²) in [5.74, 6) is 0.519. The van der Waals surface area contributed by atoms with Gasteiger partial charge in [0.25, 0.3) is 5.91 Å². The predicted molar refractivity (Wildman–Crippen MR) is 99.7 cm³/mol. The van der Waals surface area contributed by atoms with Gasteiger partial charge in [0.15, 0.2) is 6.61 Å². The number of aryl methyl sites for hydroxylation is 1. The molecule has 5 nitrogen and oxygen atoms in total. The van der Waals surface area contributed by atoms with E-state index in [0.29, 0.717) is 17.3 Å². The highest BCUT2D eigenvalue weighted by Gasteiger charge is 2.33. The molecule has 0 bridgehead atoms. The third-order valence-electron chi connectivity index (χ3n) is 4.62. The zero-order valence-corrected chi connectivity index (χ0v) is 15.1. The number of carbonyl (C=O) groups is 1. The van der Waals surface area contributed by atoms with Crippen LogP contribution >= 0.6 is 0 Å². The second-order valence-corrected chi connectivity index (χ2v) is 6.73. The van der Waals surface area contributed by atoms with Gasteiger partial charge in [-0.25, -0.2) is 9.37 Å². The summed E-state index contributed by atoms with van der Waals surface area (Å²) in [4.78, 5) is 23.2. The van der Waals surface area contributed by atoms with Gasteiger partial charge in [0.05, 0.1) is 10.9 Å². The molecule has 1 amide bonds. The lowest BCUT2D eigenvalue weighted by molar-refractivity contribution is -0.134. The topological polar surface area (TPSA) is 55.3 Å². The van der Waals surface area contributed by atoms with E-state index in [-0.39, 0.29) is 30.9 Å². The van der Waals surface area contributed by atoms with Gasteiger partial charge in [-0.05, 0) is 38.0 Å². The average Bonchev–Trinajstić information content (AvgIpc) is 3.50. The van der Waals surface area contributed by atoms with Crippen molar-refractivity contribution in [1.29, 1.82) is 0 Å². The summed E-state index contributed by atoms with van der Waals surface area (Å²) < 4.78 is 19.7. The second kappa shape index (κ2) is 7.31. The van der Waals surface area contributed by atoms with Crippen molar-refractivity contribution in [3.05, 3.63) is 65.7 Å². The Morgan fingerprint density at radius 1 is 1.15 bits per heavy atom. The Morgan fingerprint density at radius 2 is 1.89 bits per heavy atom. The Bertz CT molecular complexity index is 988. The molecular formula is C21H20FN3O2. The molecule has 1 aliphatic carbocycles. The van der Waals surface area contributed by atoms with Crippen LogP contribution in [0.4, 0.5) is 4.39 Å². The smallest absolute Gasteiger partial charge is 0.261 e. The number of fused-ring (bicyclic) bond motifs is 1. The Balaban J connectivity index is 1.50. The van der Waals surface area contributed by atoms with Crippen LogP contribution in [0.25, 0.3) is 10.9 Å². The van der Waals surface area contributed by atoms with E-state index in [1.54, 1.807) is 30.0 Å². The summed E-state index contributed by atoms with van der Waals surface area (Å²) in [6.45, 7) is 1.91. The van der Waals surface area contributed by atoms with E-state index in [4.69, 9.17) is 4.74 Å². The molecule has 1 saturated carbocycles. The molecule has 138 valence electrons. The molecule has 0 unspecified atom stereocenters. The summed E-state index contributed by atoms with van der Waals surface area (Å²) in [5.41, 5.74) is 1.29. The number of rotatable bonds is 6. The summed E-state index contributed by atoms with van der Waals surface area (Å²) in [6.07, 6.45) is 1.88. The van der Waals surface area contributed by atoms with Gasteiger partial charge in [-0.2, -0.15) is 4.98 Å². The van der Waals surface area contributed by atoms with E-state index < -0.39 is 0 Å². The first kappa shape index (κ1) is 17.4. The fourth-order valence-corrected chi connectivity index (χ4v) is 3.10. The van der Waals surface area contributed by atoms with Crippen LogP contribution in [0.5, 0.6) is 5.88 Å². The summed E-state index contributed by atoms with van der Waals surface area (Å²) >= 11 is 0. The van der Waals surface area contributed by atoms with E-state index in [1.807, 2.05) is 24.3 Å². The number of benzene rings is 2. The molecule has 27 heavy (non-hydrogen) atoms. The third-order valence-corrected chi connectivity index (χ3v) is 4.62. The zero-order chi connectivity index (χ0) is 18.8. The first-order valence-electron chi connectivity index (χ1n) is 9.01. The molecule has 1 aromatic heterocycles. The fourth-order valence-electron chi connectivity index (χ4n) is 3.10. The number of halogens is 1. The van der Waals surface area contributed by atoms with Crippen molar-refractivity contribution in [2.75, 3.05) is 6.61 Å². The first-order valence-corrected chi connectivity index (χ1v) is 9.01. The molecule has 1 fully saturated rings. The monoisotopic (exact) mass is 365 g/mol. The maximum Gasteiger partial charge on any atom is 0.261 e. The highest BCUT2D eigenvalue weighted by Crippen LogP contribution is 2.29. The molecule has 1 heterocycles. The van der Waals surface area contributed by atoms with E-state index in [1.165, 1.54) is 6.07 Å². The van der Waals surface area contributed by atoms with Crippen molar-refractivity contribution < 1.29 is 13.9 Å². The minimum absolute atomic E-state index is 0.134. The Morgan fingerprint density at radius 3 is 2.67 bits per heavy atom. The van der Waals surface area contributed by atoms with Crippen LogP contribution in [0.2, 0.25) is 0 Å². The molecule has 0 spiro atoms. The normalized spacial score (nSPS) is 13.6. The van der Waals surface area contributed by atoms with Gasteiger partial charge in [-0.3, -0.25) is 4.79 Å². The van der Waals surface area contributed by atoms with E-state index in [9.17, 15) is 9.18 Å². The highest BCUT2D eigenvalue weighted by atomic mass is 19.1. The number of ether oxygens (including phenoxy) is 1. The quantitative estimate of drug-likeness (QED) is 0.669. The molecule has 0 aliphatic heterocycles. The lowest BCUT2D eigenvalue weighted by Crippen LogP contribution is -2.36. The molecule has 0 radical (unpaired) electrons. The van der Waals surface area contributed by atoms with Crippen LogP contribution in [0, 0.1) is 12.7 Å². The second-order valence-electron chi connectivity index (χ2n) is 6.73. The van der Waals surface area contributed by atoms with Crippen molar-refractivity contribution in [2.45, 2.75) is 32.4 Å². The number of carbonyl (C=O) groups excluding carboxylic acids is 1. The largest absolute Gasteiger partial charge is 0.467 e. The Hall–Kier alpha value is -3.02. The fraction of sp³-hybridized carbons (Fsp3) is 0.286. The van der Waals surface area contributed by atoms with E-state index in [2.05, 4.69) is 9.97 Å². The maximum absolute atomic E-state index is 14.0. The van der Waals surface area contributed by atoms with Crippen LogP contribution < -0.4 is 4.74 Å². The molecule has 1 aliphatic rings. The maximum atomic E-state index is 14.0. The van der Waals surface area contributed by atoms with E-state index >= 15 is 0 Å². The summed E-state index contributed by atoms with van der Waals surface area (Å²) in [5, 5.41) is 0.767. The van der Waals surface area contributed by atoms with Crippen molar-refractivity contribution in [3.8, 4) is 5.88 Å². The van der Waals surface area contributed by atoms with Gasteiger partial charge >= 0.3 is 0 Å². The van der Waals surface area contributed by atoms with Crippen LogP contribution in [0.1, 0.15) is 24.2 Å². The lowest BCUT2D eigenvalue weighted by atomic mass is 10.2. The van der Waals surface area contributed by atoms with Gasteiger partial charge in [0.1, 0.15) is 11.6 Å². The third kappa shape index (κ3) is 3.89. The number of amides is 1.